The monoisotopic (exact) mass is 255 g/mol. The number of amides is 1. The van der Waals surface area contributed by atoms with Gasteiger partial charge in [-0.25, -0.2) is 4.39 Å². The molecule has 1 aromatic rings. The zero-order valence-corrected chi connectivity index (χ0v) is 10.4. The highest BCUT2D eigenvalue weighted by molar-refractivity contribution is 5.77. The average Bonchev–Trinajstić information content (AvgIpc) is 2.38. The van der Waals surface area contributed by atoms with E-state index in [-0.39, 0.29) is 24.9 Å². The molecule has 1 aromatic carbocycles. The summed E-state index contributed by atoms with van der Waals surface area (Å²) in [6.07, 6.45) is 0.527. The van der Waals surface area contributed by atoms with Crippen molar-refractivity contribution in [2.45, 2.75) is 13.3 Å². The Hall–Kier alpha value is -1.62. The Kier molecular flexibility index (Phi) is 6.14. The minimum Gasteiger partial charge on any atom is -0.481 e. The van der Waals surface area contributed by atoms with Gasteiger partial charge in [0.2, 0.25) is 0 Å². The van der Waals surface area contributed by atoms with E-state index in [1.807, 2.05) is 6.92 Å². The molecule has 0 aliphatic carbocycles. The molecule has 1 amide bonds. The number of carbonyl (C=O) groups is 1. The van der Waals surface area contributed by atoms with E-state index in [1.165, 1.54) is 12.1 Å². The van der Waals surface area contributed by atoms with Crippen LogP contribution in [0.2, 0.25) is 0 Å². The van der Waals surface area contributed by atoms with Crippen LogP contribution in [0.5, 0.6) is 5.75 Å². The van der Waals surface area contributed by atoms with Gasteiger partial charge in [-0.1, -0.05) is 12.1 Å². The number of aliphatic hydroxyl groups excluding tert-OH is 1. The molecule has 0 radical (unpaired) electrons. The standard InChI is InChI=1S/C13H18FNO3/c1-2-15(8-5-9-16)13(17)10-18-12-7-4-3-6-11(12)14/h3-4,6-7,16H,2,5,8-10H2,1H3. The van der Waals surface area contributed by atoms with E-state index < -0.39 is 5.82 Å². The summed E-state index contributed by atoms with van der Waals surface area (Å²) in [6, 6.07) is 5.96. The fourth-order valence-corrected chi connectivity index (χ4v) is 1.51. The maximum absolute atomic E-state index is 13.2. The number of ether oxygens (including phenoxy) is 1. The molecule has 5 heteroatoms. The van der Waals surface area contributed by atoms with Crippen molar-refractivity contribution in [3.63, 3.8) is 0 Å². The topological polar surface area (TPSA) is 49.8 Å². The summed E-state index contributed by atoms with van der Waals surface area (Å²) >= 11 is 0. The molecule has 0 heterocycles. The fourth-order valence-electron chi connectivity index (χ4n) is 1.51. The second-order valence-corrected chi connectivity index (χ2v) is 3.77. The first-order chi connectivity index (χ1) is 8.69. The molecule has 0 spiro atoms. The summed E-state index contributed by atoms with van der Waals surface area (Å²) in [7, 11) is 0. The highest BCUT2D eigenvalue weighted by Gasteiger charge is 2.12. The molecule has 1 rings (SSSR count). The smallest absolute Gasteiger partial charge is 0.260 e. The first-order valence-electron chi connectivity index (χ1n) is 5.95. The third-order valence-corrected chi connectivity index (χ3v) is 2.51. The van der Waals surface area contributed by atoms with Crippen LogP contribution in [0.15, 0.2) is 24.3 Å². The number of halogens is 1. The summed E-state index contributed by atoms with van der Waals surface area (Å²) in [5.41, 5.74) is 0. The van der Waals surface area contributed by atoms with Crippen LogP contribution in [-0.4, -0.2) is 42.2 Å². The summed E-state index contributed by atoms with van der Waals surface area (Å²) in [5, 5.41) is 8.72. The van der Waals surface area contributed by atoms with E-state index in [0.717, 1.165) is 0 Å². The van der Waals surface area contributed by atoms with E-state index in [9.17, 15) is 9.18 Å². The Bertz CT molecular complexity index is 384. The number of benzene rings is 1. The van der Waals surface area contributed by atoms with Crippen LogP contribution in [-0.2, 0) is 4.79 Å². The van der Waals surface area contributed by atoms with Gasteiger partial charge in [0.15, 0.2) is 18.2 Å². The summed E-state index contributed by atoms with van der Waals surface area (Å²) in [4.78, 5) is 13.3. The molecule has 0 unspecified atom stereocenters. The molecule has 0 fully saturated rings. The third kappa shape index (κ3) is 4.33. The quantitative estimate of drug-likeness (QED) is 0.802. The number of rotatable bonds is 7. The molecular weight excluding hydrogens is 237 g/mol. The lowest BCUT2D eigenvalue weighted by Crippen LogP contribution is -2.35. The summed E-state index contributed by atoms with van der Waals surface area (Å²) in [5.74, 6) is -0.623. The predicted octanol–water partition coefficient (Wildman–Crippen LogP) is 1.44. The summed E-state index contributed by atoms with van der Waals surface area (Å²) in [6.45, 7) is 2.71. The lowest BCUT2D eigenvalue weighted by Gasteiger charge is -2.20. The van der Waals surface area contributed by atoms with Crippen molar-refractivity contribution in [1.82, 2.24) is 4.90 Å². The summed E-state index contributed by atoms with van der Waals surface area (Å²) < 4.78 is 18.4. The largest absolute Gasteiger partial charge is 0.481 e. The van der Waals surface area contributed by atoms with Crippen LogP contribution < -0.4 is 4.74 Å². The van der Waals surface area contributed by atoms with Crippen molar-refractivity contribution in [3.8, 4) is 5.75 Å². The predicted molar refractivity (Wildman–Crippen MR) is 65.9 cm³/mol. The van der Waals surface area contributed by atoms with Gasteiger partial charge in [-0.3, -0.25) is 4.79 Å². The Morgan fingerprint density at radius 1 is 1.44 bits per heavy atom. The Morgan fingerprint density at radius 3 is 2.78 bits per heavy atom. The van der Waals surface area contributed by atoms with Crippen LogP contribution in [0.4, 0.5) is 4.39 Å². The first-order valence-corrected chi connectivity index (χ1v) is 5.95. The molecule has 0 saturated heterocycles. The normalized spacial score (nSPS) is 10.2. The van der Waals surface area contributed by atoms with E-state index in [1.54, 1.807) is 17.0 Å². The molecule has 0 saturated carbocycles. The number of carbonyl (C=O) groups excluding carboxylic acids is 1. The first kappa shape index (κ1) is 14.4. The molecule has 100 valence electrons. The van der Waals surface area contributed by atoms with Gasteiger partial charge in [0.1, 0.15) is 0 Å². The lowest BCUT2D eigenvalue weighted by atomic mass is 10.3. The van der Waals surface area contributed by atoms with E-state index >= 15 is 0 Å². The van der Waals surface area contributed by atoms with Crippen molar-refractivity contribution in [3.05, 3.63) is 30.1 Å². The Labute approximate surface area is 106 Å². The number of hydrogen-bond acceptors (Lipinski definition) is 3. The van der Waals surface area contributed by atoms with Gasteiger partial charge in [0.25, 0.3) is 5.91 Å². The van der Waals surface area contributed by atoms with Gasteiger partial charge >= 0.3 is 0 Å². The van der Waals surface area contributed by atoms with E-state index in [4.69, 9.17) is 9.84 Å². The zero-order valence-electron chi connectivity index (χ0n) is 10.4. The van der Waals surface area contributed by atoms with Gasteiger partial charge in [0, 0.05) is 19.7 Å². The number of nitrogens with zero attached hydrogens (tertiary/aromatic N) is 1. The lowest BCUT2D eigenvalue weighted by molar-refractivity contribution is -0.133. The molecule has 0 aliphatic heterocycles. The molecule has 18 heavy (non-hydrogen) atoms. The number of hydrogen-bond donors (Lipinski definition) is 1. The van der Waals surface area contributed by atoms with Crippen LogP contribution in [0.3, 0.4) is 0 Å². The number of likely N-dealkylation sites (N-methyl/N-ethyl adjacent to an activating group) is 1. The van der Waals surface area contributed by atoms with Crippen molar-refractivity contribution in [1.29, 1.82) is 0 Å². The van der Waals surface area contributed by atoms with Gasteiger partial charge in [-0.15, -0.1) is 0 Å². The van der Waals surface area contributed by atoms with Crippen molar-refractivity contribution in [2.24, 2.45) is 0 Å². The zero-order chi connectivity index (χ0) is 13.4. The third-order valence-electron chi connectivity index (χ3n) is 2.51. The molecule has 1 N–H and O–H groups in total. The SMILES string of the molecule is CCN(CCCO)C(=O)COc1ccccc1F. The number of aliphatic hydroxyl groups is 1. The van der Waals surface area contributed by atoms with Crippen molar-refractivity contribution in [2.75, 3.05) is 26.3 Å². The minimum absolute atomic E-state index is 0.0396. The second kappa shape index (κ2) is 7.66. The van der Waals surface area contributed by atoms with Crippen LogP contribution in [0.1, 0.15) is 13.3 Å². The fraction of sp³-hybridized carbons (Fsp3) is 0.462. The highest BCUT2D eigenvalue weighted by atomic mass is 19.1. The molecule has 4 nitrogen and oxygen atoms in total. The molecule has 0 aliphatic rings. The maximum Gasteiger partial charge on any atom is 0.260 e. The molecule has 0 atom stereocenters. The second-order valence-electron chi connectivity index (χ2n) is 3.77. The minimum atomic E-state index is -0.483. The molecular formula is C13H18FNO3. The van der Waals surface area contributed by atoms with Gasteiger partial charge in [-0.2, -0.15) is 0 Å². The molecule has 0 bridgehead atoms. The van der Waals surface area contributed by atoms with Gasteiger partial charge < -0.3 is 14.7 Å². The highest BCUT2D eigenvalue weighted by Crippen LogP contribution is 2.15. The molecule has 0 aromatic heterocycles. The van der Waals surface area contributed by atoms with Crippen LogP contribution in [0.25, 0.3) is 0 Å². The van der Waals surface area contributed by atoms with E-state index in [2.05, 4.69) is 0 Å². The maximum atomic E-state index is 13.2. The average molecular weight is 255 g/mol. The van der Waals surface area contributed by atoms with Gasteiger partial charge in [-0.05, 0) is 25.5 Å². The van der Waals surface area contributed by atoms with Crippen LogP contribution >= 0.6 is 0 Å². The number of para-hydroxylation sites is 1. The van der Waals surface area contributed by atoms with Gasteiger partial charge in [0.05, 0.1) is 0 Å². The van der Waals surface area contributed by atoms with Crippen molar-refractivity contribution >= 4 is 5.91 Å². The van der Waals surface area contributed by atoms with Crippen molar-refractivity contribution < 1.29 is 19.0 Å². The Balaban J connectivity index is 2.47. The Morgan fingerprint density at radius 2 is 2.17 bits per heavy atom. The van der Waals surface area contributed by atoms with Crippen LogP contribution in [0, 0.1) is 5.82 Å². The van der Waals surface area contributed by atoms with E-state index in [0.29, 0.717) is 19.5 Å².